The van der Waals surface area contributed by atoms with Gasteiger partial charge in [-0.15, -0.1) is 0 Å². The van der Waals surface area contributed by atoms with Crippen LogP contribution in [0.15, 0.2) is 42.5 Å². The van der Waals surface area contributed by atoms with Crippen molar-refractivity contribution in [1.82, 2.24) is 14.9 Å². The van der Waals surface area contributed by atoms with Crippen molar-refractivity contribution in [3.8, 4) is 0 Å². The topological polar surface area (TPSA) is 52.2 Å². The first-order chi connectivity index (χ1) is 12.1. The molecule has 1 aromatic heterocycles. The third-order valence-corrected chi connectivity index (χ3v) is 4.72. The summed E-state index contributed by atoms with van der Waals surface area (Å²) < 4.78 is 13.2. The number of carbonyl (C=O) groups is 1. The monoisotopic (exact) mass is 358 g/mol. The highest BCUT2D eigenvalue weighted by atomic mass is 35.5. The van der Waals surface area contributed by atoms with Gasteiger partial charge in [-0.2, -0.15) is 0 Å². The highest BCUT2D eigenvalue weighted by Gasteiger charge is 2.25. The van der Waals surface area contributed by atoms with Gasteiger partial charge < -0.3 is 14.8 Å². The maximum Gasteiger partial charge on any atom is 0.255 e. The number of fused-ring (bicyclic) bond motifs is 1. The van der Waals surface area contributed by atoms with E-state index in [-0.39, 0.29) is 10.9 Å². The van der Waals surface area contributed by atoms with Crippen molar-refractivity contribution in [2.24, 2.45) is 0 Å². The largest absolute Gasteiger partial charge is 0.339 e. The first kappa shape index (κ1) is 15.9. The van der Waals surface area contributed by atoms with Crippen LogP contribution in [0.4, 0.5) is 10.3 Å². The van der Waals surface area contributed by atoms with Crippen LogP contribution in [0.5, 0.6) is 0 Å². The maximum atomic E-state index is 13.2. The number of amides is 1. The number of H-pyrrole nitrogens is 1. The van der Waals surface area contributed by atoms with Crippen molar-refractivity contribution in [3.63, 3.8) is 0 Å². The molecule has 5 nitrogen and oxygen atoms in total. The van der Waals surface area contributed by atoms with Gasteiger partial charge in [0.2, 0.25) is 5.95 Å². The van der Waals surface area contributed by atoms with Crippen LogP contribution in [0.25, 0.3) is 11.0 Å². The second-order valence-corrected chi connectivity index (χ2v) is 6.39. The molecular weight excluding hydrogens is 343 g/mol. The first-order valence-electron chi connectivity index (χ1n) is 8.06. The zero-order valence-electron chi connectivity index (χ0n) is 13.4. The summed E-state index contributed by atoms with van der Waals surface area (Å²) in [7, 11) is 0. The smallest absolute Gasteiger partial charge is 0.255 e. The normalized spacial score (nSPS) is 15.0. The Hall–Kier alpha value is -2.60. The molecule has 25 heavy (non-hydrogen) atoms. The van der Waals surface area contributed by atoms with E-state index in [0.717, 1.165) is 17.0 Å². The second-order valence-electron chi connectivity index (χ2n) is 5.98. The Labute approximate surface area is 149 Å². The summed E-state index contributed by atoms with van der Waals surface area (Å²) >= 11 is 6.00. The fourth-order valence-electron chi connectivity index (χ4n) is 3.04. The zero-order chi connectivity index (χ0) is 17.4. The van der Waals surface area contributed by atoms with E-state index in [0.29, 0.717) is 31.7 Å². The van der Waals surface area contributed by atoms with Crippen molar-refractivity contribution < 1.29 is 9.18 Å². The molecule has 4 rings (SSSR count). The van der Waals surface area contributed by atoms with Crippen LogP contribution in [-0.2, 0) is 0 Å². The minimum absolute atomic E-state index is 0.143. The summed E-state index contributed by atoms with van der Waals surface area (Å²) in [6, 6.07) is 11.7. The van der Waals surface area contributed by atoms with Crippen molar-refractivity contribution in [2.45, 2.75) is 0 Å². The van der Waals surface area contributed by atoms with Crippen molar-refractivity contribution >= 4 is 34.5 Å². The van der Waals surface area contributed by atoms with Crippen LogP contribution in [-0.4, -0.2) is 47.0 Å². The van der Waals surface area contributed by atoms with E-state index in [1.165, 1.54) is 18.2 Å². The molecule has 7 heteroatoms. The second kappa shape index (κ2) is 6.37. The van der Waals surface area contributed by atoms with Gasteiger partial charge in [0, 0.05) is 26.2 Å². The molecule has 1 saturated heterocycles. The number of anilines is 1. The highest BCUT2D eigenvalue weighted by Crippen LogP contribution is 2.22. The highest BCUT2D eigenvalue weighted by molar-refractivity contribution is 6.33. The first-order valence-corrected chi connectivity index (χ1v) is 8.43. The summed E-state index contributed by atoms with van der Waals surface area (Å²) in [5.74, 6) is 0.193. The van der Waals surface area contributed by atoms with Gasteiger partial charge in [-0.1, -0.05) is 23.7 Å². The average Bonchev–Trinajstić information content (AvgIpc) is 3.05. The number of benzene rings is 2. The molecule has 2 aromatic carbocycles. The molecule has 0 spiro atoms. The number of carbonyl (C=O) groups excluding carboxylic acids is 1. The van der Waals surface area contributed by atoms with Gasteiger partial charge in [-0.3, -0.25) is 4.79 Å². The molecule has 1 aliphatic heterocycles. The van der Waals surface area contributed by atoms with E-state index >= 15 is 0 Å². The summed E-state index contributed by atoms with van der Waals surface area (Å²) in [6.45, 7) is 2.46. The molecule has 0 unspecified atom stereocenters. The van der Waals surface area contributed by atoms with Crippen molar-refractivity contribution in [2.75, 3.05) is 31.1 Å². The molecule has 0 saturated carbocycles. The third-order valence-electron chi connectivity index (χ3n) is 4.40. The van der Waals surface area contributed by atoms with Crippen LogP contribution in [0, 0.1) is 5.82 Å². The Morgan fingerprint density at radius 2 is 1.88 bits per heavy atom. The number of aromatic nitrogens is 2. The van der Waals surface area contributed by atoms with Crippen LogP contribution in [0.3, 0.4) is 0 Å². The number of nitrogens with zero attached hydrogens (tertiary/aromatic N) is 3. The van der Waals surface area contributed by atoms with E-state index in [4.69, 9.17) is 11.6 Å². The van der Waals surface area contributed by atoms with E-state index in [9.17, 15) is 9.18 Å². The molecule has 2 heterocycles. The standard InChI is InChI=1S/C18H16ClFN4O/c19-14-11-12(20)5-6-13(14)17(25)23-7-9-24(10-8-23)18-21-15-3-1-2-4-16(15)22-18/h1-6,11H,7-10H2,(H,21,22). The van der Waals surface area contributed by atoms with E-state index < -0.39 is 5.82 Å². The SMILES string of the molecule is O=C(c1ccc(F)cc1Cl)N1CCN(c2nc3ccccc3[nH]2)CC1. The van der Waals surface area contributed by atoms with Gasteiger partial charge >= 0.3 is 0 Å². The predicted octanol–water partition coefficient (Wildman–Crippen LogP) is 3.32. The number of aromatic amines is 1. The van der Waals surface area contributed by atoms with Crippen molar-refractivity contribution in [3.05, 3.63) is 58.9 Å². The Morgan fingerprint density at radius 1 is 1.12 bits per heavy atom. The minimum Gasteiger partial charge on any atom is -0.339 e. The summed E-state index contributed by atoms with van der Waals surface area (Å²) in [5.41, 5.74) is 2.25. The fourth-order valence-corrected chi connectivity index (χ4v) is 3.29. The number of hydrogen-bond acceptors (Lipinski definition) is 3. The van der Waals surface area contributed by atoms with Gasteiger partial charge in [0.15, 0.2) is 0 Å². The van der Waals surface area contributed by atoms with E-state index in [1.807, 2.05) is 24.3 Å². The predicted molar refractivity (Wildman–Crippen MR) is 95.6 cm³/mol. The average molecular weight is 359 g/mol. The van der Waals surface area contributed by atoms with Crippen LogP contribution >= 0.6 is 11.6 Å². The number of hydrogen-bond donors (Lipinski definition) is 1. The lowest BCUT2D eigenvalue weighted by atomic mass is 10.1. The molecule has 1 aliphatic rings. The molecule has 0 aliphatic carbocycles. The number of halogens is 2. The van der Waals surface area contributed by atoms with Crippen LogP contribution in [0.1, 0.15) is 10.4 Å². The van der Waals surface area contributed by atoms with Crippen molar-refractivity contribution in [1.29, 1.82) is 0 Å². The summed E-state index contributed by atoms with van der Waals surface area (Å²) in [6.07, 6.45) is 0. The zero-order valence-corrected chi connectivity index (χ0v) is 14.1. The van der Waals surface area contributed by atoms with E-state index in [1.54, 1.807) is 4.90 Å². The number of para-hydroxylation sites is 2. The Balaban J connectivity index is 1.46. The lowest BCUT2D eigenvalue weighted by molar-refractivity contribution is 0.0746. The lowest BCUT2D eigenvalue weighted by Crippen LogP contribution is -2.49. The molecule has 1 N–H and O–H groups in total. The number of nitrogens with one attached hydrogen (secondary N) is 1. The molecule has 1 amide bonds. The molecule has 3 aromatic rings. The Morgan fingerprint density at radius 3 is 2.60 bits per heavy atom. The van der Waals surface area contributed by atoms with Gasteiger partial charge in [0.1, 0.15) is 5.82 Å². The molecule has 0 bridgehead atoms. The van der Waals surface area contributed by atoms with Gasteiger partial charge in [-0.25, -0.2) is 9.37 Å². The number of rotatable bonds is 2. The molecule has 0 atom stereocenters. The van der Waals surface area contributed by atoms with Gasteiger partial charge in [0.05, 0.1) is 21.6 Å². The quantitative estimate of drug-likeness (QED) is 0.764. The Kier molecular flexibility index (Phi) is 4.05. The minimum atomic E-state index is -0.448. The third kappa shape index (κ3) is 3.05. The lowest BCUT2D eigenvalue weighted by Gasteiger charge is -2.34. The number of piperazine rings is 1. The molecular formula is C18H16ClFN4O. The van der Waals surface area contributed by atoms with E-state index in [2.05, 4.69) is 14.9 Å². The Bertz CT molecular complexity index is 901. The maximum absolute atomic E-state index is 13.2. The summed E-state index contributed by atoms with van der Waals surface area (Å²) in [5, 5.41) is 0.143. The van der Waals surface area contributed by atoms with Gasteiger partial charge in [-0.05, 0) is 30.3 Å². The van der Waals surface area contributed by atoms with Gasteiger partial charge in [0.25, 0.3) is 5.91 Å². The molecule has 128 valence electrons. The van der Waals surface area contributed by atoms with Crippen LogP contribution in [0.2, 0.25) is 5.02 Å². The fraction of sp³-hybridized carbons (Fsp3) is 0.222. The number of imidazole rings is 1. The van der Waals surface area contributed by atoms with Crippen LogP contribution < -0.4 is 4.90 Å². The molecule has 0 radical (unpaired) electrons. The summed E-state index contributed by atoms with van der Waals surface area (Å²) in [4.78, 5) is 24.3. The molecule has 1 fully saturated rings.